The predicted molar refractivity (Wildman–Crippen MR) is 79.9 cm³/mol. The normalized spacial score (nSPS) is 11.1. The van der Waals surface area contributed by atoms with E-state index >= 15 is 0 Å². The maximum absolute atomic E-state index is 11.3. The highest BCUT2D eigenvalue weighted by Gasteiger charge is 2.12. The first kappa shape index (κ1) is 15.1. The molecule has 0 aliphatic heterocycles. The van der Waals surface area contributed by atoms with Crippen LogP contribution in [-0.2, 0) is 10.0 Å². The standard InChI is InChI=1S/C14H16N2O4S/c1-2-19-10-3-5-11(6-4-10)20-12-7-8-14(13(15)9-12)21(16,17)18/h3-9H,2,15H2,1H3,(H2,16,17,18). The highest BCUT2D eigenvalue weighted by Crippen LogP contribution is 2.28. The van der Waals surface area contributed by atoms with E-state index in [0.29, 0.717) is 18.1 Å². The minimum Gasteiger partial charge on any atom is -0.494 e. The van der Waals surface area contributed by atoms with Crippen molar-refractivity contribution in [3.8, 4) is 17.2 Å². The summed E-state index contributed by atoms with van der Waals surface area (Å²) in [5, 5.41) is 5.04. The Hall–Kier alpha value is -2.25. The van der Waals surface area contributed by atoms with Gasteiger partial charge in [0.15, 0.2) is 0 Å². The largest absolute Gasteiger partial charge is 0.494 e. The van der Waals surface area contributed by atoms with Gasteiger partial charge in [0.25, 0.3) is 0 Å². The molecular weight excluding hydrogens is 292 g/mol. The Morgan fingerprint density at radius 1 is 1.00 bits per heavy atom. The number of nitrogens with two attached hydrogens (primary N) is 2. The van der Waals surface area contributed by atoms with Crippen molar-refractivity contribution in [3.05, 3.63) is 42.5 Å². The monoisotopic (exact) mass is 308 g/mol. The van der Waals surface area contributed by atoms with E-state index in [1.807, 2.05) is 6.92 Å². The first-order valence-electron chi connectivity index (χ1n) is 6.23. The van der Waals surface area contributed by atoms with Crippen LogP contribution >= 0.6 is 0 Å². The summed E-state index contributed by atoms with van der Waals surface area (Å²) in [7, 11) is -3.83. The van der Waals surface area contributed by atoms with Gasteiger partial charge in [0, 0.05) is 6.07 Å². The smallest absolute Gasteiger partial charge is 0.240 e. The van der Waals surface area contributed by atoms with Crippen LogP contribution in [-0.4, -0.2) is 15.0 Å². The maximum atomic E-state index is 11.3. The van der Waals surface area contributed by atoms with Crippen LogP contribution in [0.25, 0.3) is 0 Å². The van der Waals surface area contributed by atoms with Crippen molar-refractivity contribution in [1.29, 1.82) is 0 Å². The van der Waals surface area contributed by atoms with Crippen molar-refractivity contribution in [2.24, 2.45) is 5.14 Å². The number of hydrogen-bond donors (Lipinski definition) is 2. The molecule has 0 unspecified atom stereocenters. The van der Waals surface area contributed by atoms with E-state index in [-0.39, 0.29) is 10.6 Å². The molecular formula is C14H16N2O4S. The van der Waals surface area contributed by atoms with Crippen molar-refractivity contribution >= 4 is 15.7 Å². The summed E-state index contributed by atoms with van der Waals surface area (Å²) in [6.45, 7) is 2.49. The Morgan fingerprint density at radius 3 is 2.10 bits per heavy atom. The number of sulfonamides is 1. The number of hydrogen-bond acceptors (Lipinski definition) is 5. The molecule has 0 fully saturated rings. The highest BCUT2D eigenvalue weighted by molar-refractivity contribution is 7.89. The zero-order chi connectivity index (χ0) is 15.5. The van der Waals surface area contributed by atoms with Gasteiger partial charge in [-0.25, -0.2) is 13.6 Å². The lowest BCUT2D eigenvalue weighted by Crippen LogP contribution is -2.14. The van der Waals surface area contributed by atoms with Gasteiger partial charge in [-0.3, -0.25) is 0 Å². The summed E-state index contributed by atoms with van der Waals surface area (Å²) < 4.78 is 33.4. The molecule has 2 aromatic carbocycles. The predicted octanol–water partition coefficient (Wildman–Crippen LogP) is 2.11. The fourth-order valence-electron chi connectivity index (χ4n) is 1.76. The molecule has 0 bridgehead atoms. The lowest BCUT2D eigenvalue weighted by atomic mass is 10.3. The van der Waals surface area contributed by atoms with E-state index in [1.54, 1.807) is 24.3 Å². The first-order valence-corrected chi connectivity index (χ1v) is 7.78. The first-order chi connectivity index (χ1) is 9.90. The van der Waals surface area contributed by atoms with Crippen molar-refractivity contribution in [2.75, 3.05) is 12.3 Å². The summed E-state index contributed by atoms with van der Waals surface area (Å²) in [6.07, 6.45) is 0. The fourth-order valence-corrected chi connectivity index (χ4v) is 2.40. The third-order valence-corrected chi connectivity index (χ3v) is 3.64. The number of benzene rings is 2. The molecule has 0 aromatic heterocycles. The Bertz CT molecular complexity index is 727. The molecule has 0 radical (unpaired) electrons. The number of nitrogen functional groups attached to an aromatic ring is 1. The van der Waals surface area contributed by atoms with Crippen LogP contribution in [0.3, 0.4) is 0 Å². The van der Waals surface area contributed by atoms with Crippen molar-refractivity contribution < 1.29 is 17.9 Å². The van der Waals surface area contributed by atoms with Gasteiger partial charge >= 0.3 is 0 Å². The molecule has 112 valence electrons. The van der Waals surface area contributed by atoms with Crippen LogP contribution in [0.15, 0.2) is 47.4 Å². The van der Waals surface area contributed by atoms with Gasteiger partial charge in [-0.1, -0.05) is 0 Å². The topological polar surface area (TPSA) is 105 Å². The van der Waals surface area contributed by atoms with Crippen LogP contribution in [0.2, 0.25) is 0 Å². The summed E-state index contributed by atoms with van der Waals surface area (Å²) in [4.78, 5) is -0.124. The summed E-state index contributed by atoms with van der Waals surface area (Å²) >= 11 is 0. The number of ether oxygens (including phenoxy) is 2. The lowest BCUT2D eigenvalue weighted by Gasteiger charge is -2.09. The summed E-state index contributed by atoms with van der Waals surface area (Å²) in [6, 6.07) is 11.3. The van der Waals surface area contributed by atoms with Crippen LogP contribution in [0.4, 0.5) is 5.69 Å². The Balaban J connectivity index is 2.18. The quantitative estimate of drug-likeness (QED) is 0.823. The van der Waals surface area contributed by atoms with Crippen molar-refractivity contribution in [2.45, 2.75) is 11.8 Å². The van der Waals surface area contributed by atoms with Gasteiger partial charge in [0.05, 0.1) is 12.3 Å². The third kappa shape index (κ3) is 3.87. The van der Waals surface area contributed by atoms with Crippen molar-refractivity contribution in [3.63, 3.8) is 0 Å². The minimum atomic E-state index is -3.83. The van der Waals surface area contributed by atoms with E-state index in [1.165, 1.54) is 18.2 Å². The second-order valence-corrected chi connectivity index (χ2v) is 5.78. The SMILES string of the molecule is CCOc1ccc(Oc2ccc(S(N)(=O)=O)c(N)c2)cc1. The molecule has 0 heterocycles. The molecule has 4 N–H and O–H groups in total. The second-order valence-electron chi connectivity index (χ2n) is 4.25. The average molecular weight is 308 g/mol. The fraction of sp³-hybridized carbons (Fsp3) is 0.143. The van der Waals surface area contributed by atoms with Gasteiger partial charge in [0.2, 0.25) is 10.0 Å². The average Bonchev–Trinajstić information content (AvgIpc) is 2.40. The zero-order valence-electron chi connectivity index (χ0n) is 11.4. The van der Waals surface area contributed by atoms with E-state index in [2.05, 4.69) is 0 Å². The zero-order valence-corrected chi connectivity index (χ0v) is 12.3. The molecule has 7 heteroatoms. The maximum Gasteiger partial charge on any atom is 0.240 e. The molecule has 0 saturated carbocycles. The van der Waals surface area contributed by atoms with E-state index < -0.39 is 10.0 Å². The Morgan fingerprint density at radius 2 is 1.57 bits per heavy atom. The summed E-state index contributed by atoms with van der Waals surface area (Å²) in [5.41, 5.74) is 5.71. The molecule has 6 nitrogen and oxygen atoms in total. The molecule has 0 spiro atoms. The van der Waals surface area contributed by atoms with Gasteiger partial charge in [0.1, 0.15) is 22.1 Å². The third-order valence-electron chi connectivity index (χ3n) is 2.66. The minimum absolute atomic E-state index is 0.0425. The molecule has 0 saturated heterocycles. The number of rotatable bonds is 5. The highest BCUT2D eigenvalue weighted by atomic mass is 32.2. The Labute approximate surface area is 123 Å². The molecule has 0 atom stereocenters. The number of anilines is 1. The van der Waals surface area contributed by atoms with Crippen LogP contribution < -0.4 is 20.3 Å². The molecule has 21 heavy (non-hydrogen) atoms. The van der Waals surface area contributed by atoms with Crippen molar-refractivity contribution in [1.82, 2.24) is 0 Å². The molecule has 2 aromatic rings. The lowest BCUT2D eigenvalue weighted by molar-refractivity contribution is 0.339. The van der Waals surface area contributed by atoms with Gasteiger partial charge in [-0.05, 0) is 43.3 Å². The van der Waals surface area contributed by atoms with E-state index in [4.69, 9.17) is 20.3 Å². The van der Waals surface area contributed by atoms with Gasteiger partial charge in [-0.15, -0.1) is 0 Å². The van der Waals surface area contributed by atoms with E-state index in [9.17, 15) is 8.42 Å². The summed E-state index contributed by atoms with van der Waals surface area (Å²) in [5.74, 6) is 1.75. The molecule has 2 rings (SSSR count). The molecule has 0 amide bonds. The second kappa shape index (κ2) is 6.02. The van der Waals surface area contributed by atoms with Crippen LogP contribution in [0.5, 0.6) is 17.2 Å². The van der Waals surface area contributed by atoms with E-state index in [0.717, 1.165) is 5.75 Å². The Kier molecular flexibility index (Phi) is 4.35. The number of primary sulfonamides is 1. The van der Waals surface area contributed by atoms with Gasteiger partial charge < -0.3 is 15.2 Å². The molecule has 0 aliphatic rings. The molecule has 0 aliphatic carbocycles. The van der Waals surface area contributed by atoms with Crippen LogP contribution in [0, 0.1) is 0 Å². The van der Waals surface area contributed by atoms with Gasteiger partial charge in [-0.2, -0.15) is 0 Å². The van der Waals surface area contributed by atoms with Crippen LogP contribution in [0.1, 0.15) is 6.92 Å².